The molecule has 0 saturated carbocycles. The number of amides is 3. The van der Waals surface area contributed by atoms with Crippen molar-refractivity contribution in [2.75, 3.05) is 31.8 Å². The zero-order valence-corrected chi connectivity index (χ0v) is 17.9. The van der Waals surface area contributed by atoms with E-state index in [1.807, 2.05) is 0 Å². The van der Waals surface area contributed by atoms with Crippen molar-refractivity contribution in [1.29, 1.82) is 0 Å². The lowest BCUT2D eigenvalue weighted by molar-refractivity contribution is -0.146. The first-order valence-corrected chi connectivity index (χ1v) is 10.4. The van der Waals surface area contributed by atoms with Crippen molar-refractivity contribution in [1.82, 2.24) is 30.6 Å². The van der Waals surface area contributed by atoms with E-state index in [9.17, 15) is 31.9 Å². The topological polar surface area (TPSA) is 133 Å². The standard InChI is InChI=1S/C20H23F4N7O3/c21-5-3-20(4-6-22,15-10-26-30-29-15)28-18(33)19(34)31-8-2-12(11-31)17(32)27-13-1-7-25-14(9-13)16(23)24/h1,7,9-10,12,16H,2-6,8,11H2,(H,28,33)(H,25,27,32)(H,26,29,30)/t12-/m0/s1. The minimum absolute atomic E-state index is 0.0862. The number of anilines is 1. The fraction of sp³-hybridized carbons (Fsp3) is 0.500. The van der Waals surface area contributed by atoms with E-state index in [0.29, 0.717) is 0 Å². The van der Waals surface area contributed by atoms with Crippen molar-refractivity contribution in [3.8, 4) is 0 Å². The molecule has 0 radical (unpaired) electrons. The molecule has 0 unspecified atom stereocenters. The molecule has 10 nitrogen and oxygen atoms in total. The quantitative estimate of drug-likeness (QED) is 0.366. The minimum atomic E-state index is -2.80. The van der Waals surface area contributed by atoms with E-state index in [1.165, 1.54) is 12.3 Å². The number of carbonyl (C=O) groups excluding carboxylic acids is 3. The summed E-state index contributed by atoms with van der Waals surface area (Å²) in [6, 6.07) is 2.40. The van der Waals surface area contributed by atoms with Crippen LogP contribution >= 0.6 is 0 Å². The fourth-order valence-electron chi connectivity index (χ4n) is 3.79. The van der Waals surface area contributed by atoms with Crippen LogP contribution in [0.1, 0.15) is 37.1 Å². The summed E-state index contributed by atoms with van der Waals surface area (Å²) in [6.07, 6.45) is -0.845. The van der Waals surface area contributed by atoms with Crippen LogP contribution in [0.3, 0.4) is 0 Å². The molecule has 3 heterocycles. The number of carbonyl (C=O) groups is 3. The molecule has 3 amide bonds. The van der Waals surface area contributed by atoms with Gasteiger partial charge >= 0.3 is 11.8 Å². The molecule has 2 aromatic heterocycles. The third-order valence-corrected chi connectivity index (χ3v) is 5.61. The van der Waals surface area contributed by atoms with Gasteiger partial charge < -0.3 is 15.5 Å². The van der Waals surface area contributed by atoms with E-state index in [2.05, 4.69) is 31.0 Å². The number of alkyl halides is 4. The largest absolute Gasteiger partial charge is 0.336 e. The normalized spacial score (nSPS) is 16.0. The number of pyridine rings is 1. The lowest BCUT2D eigenvalue weighted by Crippen LogP contribution is -2.52. The van der Waals surface area contributed by atoms with Crippen LogP contribution in [0, 0.1) is 5.92 Å². The highest BCUT2D eigenvalue weighted by Gasteiger charge is 2.40. The van der Waals surface area contributed by atoms with E-state index >= 15 is 0 Å². The van der Waals surface area contributed by atoms with Crippen molar-refractivity contribution < 1.29 is 31.9 Å². The first kappa shape index (κ1) is 25.1. The lowest BCUT2D eigenvalue weighted by atomic mass is 9.88. The summed E-state index contributed by atoms with van der Waals surface area (Å²) in [5, 5.41) is 14.6. The van der Waals surface area contributed by atoms with Gasteiger partial charge in [0.05, 0.1) is 31.0 Å². The van der Waals surface area contributed by atoms with Crippen LogP contribution in [-0.2, 0) is 19.9 Å². The van der Waals surface area contributed by atoms with Gasteiger partial charge in [-0.05, 0) is 18.6 Å². The van der Waals surface area contributed by atoms with Crippen LogP contribution in [0.2, 0.25) is 0 Å². The van der Waals surface area contributed by atoms with Gasteiger partial charge in [0.1, 0.15) is 11.4 Å². The number of likely N-dealkylation sites (tertiary alicyclic amines) is 1. The molecular weight excluding hydrogens is 462 g/mol. The van der Waals surface area contributed by atoms with Gasteiger partial charge in [0.2, 0.25) is 5.91 Å². The summed E-state index contributed by atoms with van der Waals surface area (Å²) in [5.41, 5.74) is -1.84. The second-order valence-corrected chi connectivity index (χ2v) is 7.77. The number of nitrogens with zero attached hydrogens (tertiary/aromatic N) is 4. The van der Waals surface area contributed by atoms with Crippen LogP contribution in [0.4, 0.5) is 23.2 Å². The maximum Gasteiger partial charge on any atom is 0.311 e. The molecule has 1 atom stereocenters. The number of rotatable bonds is 9. The van der Waals surface area contributed by atoms with Crippen molar-refractivity contribution in [2.24, 2.45) is 5.92 Å². The Kier molecular flexibility index (Phi) is 8.12. The van der Waals surface area contributed by atoms with Gasteiger partial charge in [-0.25, -0.2) is 8.78 Å². The lowest BCUT2D eigenvalue weighted by Gasteiger charge is -2.31. The van der Waals surface area contributed by atoms with Gasteiger partial charge in [0.25, 0.3) is 6.43 Å². The number of hydrogen-bond donors (Lipinski definition) is 3. The van der Waals surface area contributed by atoms with Crippen LogP contribution in [-0.4, -0.2) is 69.5 Å². The van der Waals surface area contributed by atoms with Crippen LogP contribution < -0.4 is 10.6 Å². The Balaban J connectivity index is 1.63. The van der Waals surface area contributed by atoms with Crippen molar-refractivity contribution in [3.05, 3.63) is 35.9 Å². The average Bonchev–Trinajstić information content (AvgIpc) is 3.52. The Bertz CT molecular complexity index is 1000. The first-order valence-electron chi connectivity index (χ1n) is 10.4. The number of aromatic amines is 1. The molecule has 184 valence electrons. The Morgan fingerprint density at radius 1 is 1.24 bits per heavy atom. The second kappa shape index (κ2) is 11.0. The number of aromatic nitrogens is 4. The summed E-state index contributed by atoms with van der Waals surface area (Å²) in [4.78, 5) is 42.6. The fourth-order valence-corrected chi connectivity index (χ4v) is 3.79. The maximum absolute atomic E-state index is 13.2. The van der Waals surface area contributed by atoms with Crippen LogP contribution in [0.15, 0.2) is 24.5 Å². The van der Waals surface area contributed by atoms with E-state index < -0.39 is 54.6 Å². The Labute approximate surface area is 191 Å². The zero-order valence-electron chi connectivity index (χ0n) is 17.9. The molecule has 0 aliphatic carbocycles. The summed E-state index contributed by atoms with van der Waals surface area (Å²) in [6.45, 7) is -1.81. The predicted molar refractivity (Wildman–Crippen MR) is 110 cm³/mol. The van der Waals surface area contributed by atoms with Gasteiger partial charge in [0, 0.05) is 37.8 Å². The van der Waals surface area contributed by atoms with Gasteiger partial charge in [-0.15, -0.1) is 0 Å². The molecule has 14 heteroatoms. The molecule has 2 aromatic rings. The van der Waals surface area contributed by atoms with Gasteiger partial charge in [-0.2, -0.15) is 15.4 Å². The SMILES string of the molecule is O=C(NC(CCF)(CCF)c1cn[nH]n1)C(=O)N1CC[C@H](C(=O)Nc2ccnc(C(F)F)c2)C1. The molecule has 1 saturated heterocycles. The van der Waals surface area contributed by atoms with E-state index in [-0.39, 0.29) is 43.7 Å². The monoisotopic (exact) mass is 485 g/mol. The van der Waals surface area contributed by atoms with Crippen molar-refractivity contribution in [3.63, 3.8) is 0 Å². The van der Waals surface area contributed by atoms with Crippen LogP contribution in [0.5, 0.6) is 0 Å². The molecule has 1 fully saturated rings. The van der Waals surface area contributed by atoms with Gasteiger partial charge in [-0.3, -0.25) is 28.1 Å². The second-order valence-electron chi connectivity index (χ2n) is 7.77. The van der Waals surface area contributed by atoms with E-state index in [0.717, 1.165) is 17.2 Å². The Morgan fingerprint density at radius 2 is 1.97 bits per heavy atom. The summed E-state index contributed by atoms with van der Waals surface area (Å²) < 4.78 is 52.0. The highest BCUT2D eigenvalue weighted by Crippen LogP contribution is 2.28. The molecule has 0 bridgehead atoms. The molecule has 34 heavy (non-hydrogen) atoms. The maximum atomic E-state index is 13.2. The Morgan fingerprint density at radius 3 is 2.59 bits per heavy atom. The predicted octanol–water partition coefficient (Wildman–Crippen LogP) is 1.66. The number of halogens is 4. The molecule has 0 spiro atoms. The third-order valence-electron chi connectivity index (χ3n) is 5.61. The minimum Gasteiger partial charge on any atom is -0.336 e. The molecule has 3 rings (SSSR count). The van der Waals surface area contributed by atoms with E-state index in [1.54, 1.807) is 0 Å². The molecule has 0 aromatic carbocycles. The van der Waals surface area contributed by atoms with Gasteiger partial charge in [0.15, 0.2) is 0 Å². The highest BCUT2D eigenvalue weighted by atomic mass is 19.3. The molecule has 1 aliphatic rings. The number of hydrogen-bond acceptors (Lipinski definition) is 6. The van der Waals surface area contributed by atoms with Crippen molar-refractivity contribution in [2.45, 2.75) is 31.2 Å². The first-order chi connectivity index (χ1) is 16.3. The smallest absolute Gasteiger partial charge is 0.311 e. The number of H-pyrrole nitrogens is 1. The summed E-state index contributed by atoms with van der Waals surface area (Å²) in [7, 11) is 0. The van der Waals surface area contributed by atoms with Crippen molar-refractivity contribution >= 4 is 23.4 Å². The summed E-state index contributed by atoms with van der Waals surface area (Å²) in [5.74, 6) is -3.25. The average molecular weight is 485 g/mol. The Hall–Kier alpha value is -3.58. The van der Waals surface area contributed by atoms with E-state index in [4.69, 9.17) is 0 Å². The number of nitrogens with one attached hydrogen (secondary N) is 3. The molecule has 3 N–H and O–H groups in total. The summed E-state index contributed by atoms with van der Waals surface area (Å²) >= 11 is 0. The van der Waals surface area contributed by atoms with Crippen LogP contribution in [0.25, 0.3) is 0 Å². The molecular formula is C20H23F4N7O3. The zero-order chi connectivity index (χ0) is 24.7. The van der Waals surface area contributed by atoms with Gasteiger partial charge in [-0.1, -0.05) is 0 Å². The highest BCUT2D eigenvalue weighted by molar-refractivity contribution is 6.35. The third kappa shape index (κ3) is 5.66. The molecule has 1 aliphatic heterocycles.